The maximum absolute atomic E-state index is 5.26. The molecule has 4 heteroatoms. The molecule has 0 saturated heterocycles. The van der Waals surface area contributed by atoms with Gasteiger partial charge in [0.15, 0.2) is 0 Å². The minimum Gasteiger partial charge on any atom is -0.423 e. The average molecular weight is 271 g/mol. The molecule has 106 valence electrons. The second kappa shape index (κ2) is 6.07. The highest BCUT2D eigenvalue weighted by atomic mass is 16.4. The van der Waals surface area contributed by atoms with Gasteiger partial charge in [-0.25, -0.2) is 0 Å². The van der Waals surface area contributed by atoms with Gasteiger partial charge in [0.1, 0.15) is 0 Å². The molecule has 0 radical (unpaired) electrons. The molecule has 0 unspecified atom stereocenters. The van der Waals surface area contributed by atoms with Gasteiger partial charge < -0.3 is 9.73 Å². The lowest BCUT2D eigenvalue weighted by atomic mass is 9.89. The third-order valence-corrected chi connectivity index (χ3v) is 4.15. The van der Waals surface area contributed by atoms with Gasteiger partial charge in [-0.2, -0.15) is 0 Å². The number of anilines is 1. The molecule has 0 aliphatic heterocycles. The Morgan fingerprint density at radius 1 is 1.25 bits per heavy atom. The summed E-state index contributed by atoms with van der Waals surface area (Å²) in [6.45, 7) is 3.19. The van der Waals surface area contributed by atoms with E-state index in [1.54, 1.807) is 0 Å². The third-order valence-electron chi connectivity index (χ3n) is 4.15. The highest BCUT2D eigenvalue weighted by Gasteiger charge is 2.14. The second-order valence-corrected chi connectivity index (χ2v) is 5.66. The minimum atomic E-state index is 0.575. The fourth-order valence-electron chi connectivity index (χ4n) is 2.89. The monoisotopic (exact) mass is 271 g/mol. The number of benzene rings is 1. The van der Waals surface area contributed by atoms with Crippen molar-refractivity contribution >= 4 is 5.69 Å². The van der Waals surface area contributed by atoms with Gasteiger partial charge in [-0.05, 0) is 43.4 Å². The Hall–Kier alpha value is -1.84. The van der Waals surface area contributed by atoms with Crippen LogP contribution in [-0.4, -0.2) is 16.7 Å². The first-order chi connectivity index (χ1) is 9.83. The summed E-state index contributed by atoms with van der Waals surface area (Å²) < 4.78 is 5.26. The summed E-state index contributed by atoms with van der Waals surface area (Å²) in [7, 11) is 0. The number of hydrogen-bond acceptors (Lipinski definition) is 4. The van der Waals surface area contributed by atoms with Gasteiger partial charge in [0.2, 0.25) is 12.3 Å². The van der Waals surface area contributed by atoms with E-state index in [0.717, 1.165) is 18.0 Å². The molecule has 1 N–H and O–H groups in total. The van der Waals surface area contributed by atoms with Crippen molar-refractivity contribution in [3.63, 3.8) is 0 Å². The summed E-state index contributed by atoms with van der Waals surface area (Å²) in [4.78, 5) is 0. The Bertz CT molecular complexity index is 545. The van der Waals surface area contributed by atoms with Crippen LogP contribution in [0.5, 0.6) is 0 Å². The molecule has 0 amide bonds. The van der Waals surface area contributed by atoms with Gasteiger partial charge in [0, 0.05) is 17.8 Å². The highest BCUT2D eigenvalue weighted by Crippen LogP contribution is 2.27. The van der Waals surface area contributed by atoms with Crippen molar-refractivity contribution in [2.45, 2.75) is 39.0 Å². The molecule has 0 atom stereocenters. The fourth-order valence-corrected chi connectivity index (χ4v) is 2.89. The van der Waals surface area contributed by atoms with Gasteiger partial charge in [-0.1, -0.05) is 25.3 Å². The van der Waals surface area contributed by atoms with Crippen molar-refractivity contribution in [3.8, 4) is 11.5 Å². The Labute approximate surface area is 119 Å². The topological polar surface area (TPSA) is 51.0 Å². The van der Waals surface area contributed by atoms with E-state index in [9.17, 15) is 0 Å². The predicted octanol–water partition coefficient (Wildman–Crippen LogP) is 4.04. The van der Waals surface area contributed by atoms with Gasteiger partial charge in [-0.3, -0.25) is 0 Å². The summed E-state index contributed by atoms with van der Waals surface area (Å²) in [5.74, 6) is 1.39. The van der Waals surface area contributed by atoms with Crippen molar-refractivity contribution in [3.05, 3.63) is 30.2 Å². The van der Waals surface area contributed by atoms with Crippen molar-refractivity contribution in [1.29, 1.82) is 0 Å². The predicted molar refractivity (Wildman–Crippen MR) is 79.5 cm³/mol. The number of aryl methyl sites for hydroxylation is 1. The average Bonchev–Trinajstić information content (AvgIpc) is 3.02. The normalized spacial score (nSPS) is 16.2. The first-order valence-corrected chi connectivity index (χ1v) is 7.44. The number of aromatic nitrogens is 2. The molecule has 1 saturated carbocycles. The molecule has 1 fully saturated rings. The van der Waals surface area contributed by atoms with Crippen LogP contribution in [0.1, 0.15) is 37.7 Å². The molecule has 3 rings (SSSR count). The molecule has 1 aromatic heterocycles. The molecular formula is C16H21N3O. The molecular weight excluding hydrogens is 250 g/mol. The quantitative estimate of drug-likeness (QED) is 0.911. The molecule has 1 aromatic carbocycles. The van der Waals surface area contributed by atoms with E-state index in [-0.39, 0.29) is 0 Å². The molecule has 1 aliphatic rings. The zero-order valence-electron chi connectivity index (χ0n) is 11.9. The molecule has 20 heavy (non-hydrogen) atoms. The van der Waals surface area contributed by atoms with Crippen LogP contribution in [0.15, 0.2) is 29.0 Å². The summed E-state index contributed by atoms with van der Waals surface area (Å²) in [6, 6.07) is 6.23. The number of nitrogens with one attached hydrogen (secondary N) is 1. The Balaban J connectivity index is 1.70. The lowest BCUT2D eigenvalue weighted by molar-refractivity contribution is 0.373. The van der Waals surface area contributed by atoms with Crippen molar-refractivity contribution in [1.82, 2.24) is 10.2 Å². The second-order valence-electron chi connectivity index (χ2n) is 5.66. The third kappa shape index (κ3) is 3.00. The molecule has 2 aromatic rings. The molecule has 0 spiro atoms. The smallest absolute Gasteiger partial charge is 0.247 e. The summed E-state index contributed by atoms with van der Waals surface area (Å²) in [5, 5.41) is 11.3. The lowest BCUT2D eigenvalue weighted by Gasteiger charge is -2.23. The molecule has 1 heterocycles. The van der Waals surface area contributed by atoms with Crippen LogP contribution in [0.25, 0.3) is 11.5 Å². The van der Waals surface area contributed by atoms with Crippen LogP contribution in [0.2, 0.25) is 0 Å². The Kier molecular flexibility index (Phi) is 4.00. The van der Waals surface area contributed by atoms with E-state index in [4.69, 9.17) is 4.42 Å². The Morgan fingerprint density at radius 2 is 2.10 bits per heavy atom. The van der Waals surface area contributed by atoms with Gasteiger partial charge in [0.25, 0.3) is 0 Å². The molecule has 0 bridgehead atoms. The van der Waals surface area contributed by atoms with Crippen LogP contribution in [0, 0.1) is 12.8 Å². The largest absolute Gasteiger partial charge is 0.423 e. The van der Waals surface area contributed by atoms with E-state index in [0.29, 0.717) is 5.89 Å². The SMILES string of the molecule is Cc1ccc(-c2nnco2)cc1NCC1CCCCC1. The molecule has 1 aliphatic carbocycles. The minimum absolute atomic E-state index is 0.575. The van der Waals surface area contributed by atoms with E-state index in [1.807, 2.05) is 6.07 Å². The first-order valence-electron chi connectivity index (χ1n) is 7.44. The maximum Gasteiger partial charge on any atom is 0.247 e. The van der Waals surface area contributed by atoms with Crippen LogP contribution in [0.3, 0.4) is 0 Å². The van der Waals surface area contributed by atoms with Gasteiger partial charge in [-0.15, -0.1) is 10.2 Å². The molecule has 4 nitrogen and oxygen atoms in total. The van der Waals surface area contributed by atoms with E-state index in [2.05, 4.69) is 34.6 Å². The van der Waals surface area contributed by atoms with E-state index < -0.39 is 0 Å². The first kappa shape index (κ1) is 13.2. The Morgan fingerprint density at radius 3 is 2.85 bits per heavy atom. The number of hydrogen-bond donors (Lipinski definition) is 1. The summed E-state index contributed by atoms with van der Waals surface area (Å²) in [5.41, 5.74) is 3.40. The summed E-state index contributed by atoms with van der Waals surface area (Å²) in [6.07, 6.45) is 8.25. The van der Waals surface area contributed by atoms with Gasteiger partial charge in [0.05, 0.1) is 0 Å². The van der Waals surface area contributed by atoms with Crippen LogP contribution in [0.4, 0.5) is 5.69 Å². The van der Waals surface area contributed by atoms with Crippen molar-refractivity contribution in [2.75, 3.05) is 11.9 Å². The zero-order chi connectivity index (χ0) is 13.8. The highest BCUT2D eigenvalue weighted by molar-refractivity contribution is 5.64. The van der Waals surface area contributed by atoms with Crippen molar-refractivity contribution < 1.29 is 4.42 Å². The number of rotatable bonds is 4. The summed E-state index contributed by atoms with van der Waals surface area (Å²) >= 11 is 0. The maximum atomic E-state index is 5.26. The lowest BCUT2D eigenvalue weighted by Crippen LogP contribution is -2.17. The fraction of sp³-hybridized carbons (Fsp3) is 0.500. The zero-order valence-corrected chi connectivity index (χ0v) is 11.9. The van der Waals surface area contributed by atoms with E-state index in [1.165, 1.54) is 49.7 Å². The number of nitrogens with zero attached hydrogens (tertiary/aromatic N) is 2. The van der Waals surface area contributed by atoms with Crippen LogP contribution in [-0.2, 0) is 0 Å². The van der Waals surface area contributed by atoms with Gasteiger partial charge >= 0.3 is 0 Å². The standard InChI is InChI=1S/C16H21N3O/c1-12-7-8-14(16-19-18-11-20-16)9-15(12)17-10-13-5-3-2-4-6-13/h7-9,11,13,17H,2-6,10H2,1H3. The van der Waals surface area contributed by atoms with Crippen molar-refractivity contribution in [2.24, 2.45) is 5.92 Å². The van der Waals surface area contributed by atoms with E-state index >= 15 is 0 Å². The van der Waals surface area contributed by atoms with Crippen LogP contribution >= 0.6 is 0 Å². The van der Waals surface area contributed by atoms with Crippen LogP contribution < -0.4 is 5.32 Å².